The van der Waals surface area contributed by atoms with Gasteiger partial charge in [-0.25, -0.2) is 4.85 Å². The SMILES string of the molecule is [C-]#[N+]/C=C\[C@H]1O[C@@H](C)C(O)[C@H]1O. The van der Waals surface area contributed by atoms with Crippen LogP contribution in [0.5, 0.6) is 0 Å². The Balaban J connectivity index is 2.60. The van der Waals surface area contributed by atoms with Crippen molar-refractivity contribution in [2.24, 2.45) is 0 Å². The lowest BCUT2D eigenvalue weighted by atomic mass is 10.1. The van der Waals surface area contributed by atoms with Crippen LogP contribution in [0.1, 0.15) is 6.92 Å². The third-order valence-corrected chi connectivity index (χ3v) is 1.89. The molecule has 4 heteroatoms. The van der Waals surface area contributed by atoms with Crippen LogP contribution >= 0.6 is 0 Å². The first kappa shape index (κ1) is 9.20. The number of ether oxygens (including phenoxy) is 1. The van der Waals surface area contributed by atoms with E-state index in [-0.39, 0.29) is 6.10 Å². The van der Waals surface area contributed by atoms with Gasteiger partial charge in [-0.2, -0.15) is 0 Å². The van der Waals surface area contributed by atoms with Crippen LogP contribution in [0.15, 0.2) is 12.3 Å². The Morgan fingerprint density at radius 2 is 2.08 bits per heavy atom. The number of aliphatic hydroxyl groups excluding tert-OH is 2. The van der Waals surface area contributed by atoms with Crippen LogP contribution in [0.4, 0.5) is 0 Å². The molecule has 4 atom stereocenters. The molecule has 0 aromatic heterocycles. The normalized spacial score (nSPS) is 41.8. The summed E-state index contributed by atoms with van der Waals surface area (Å²) in [4.78, 5) is 2.98. The van der Waals surface area contributed by atoms with E-state index in [1.807, 2.05) is 0 Å². The van der Waals surface area contributed by atoms with Crippen LogP contribution in [0, 0.1) is 6.57 Å². The molecule has 0 radical (unpaired) electrons. The average molecular weight is 169 g/mol. The fraction of sp³-hybridized carbons (Fsp3) is 0.625. The fourth-order valence-corrected chi connectivity index (χ4v) is 1.17. The van der Waals surface area contributed by atoms with Crippen molar-refractivity contribution >= 4 is 0 Å². The lowest BCUT2D eigenvalue weighted by Gasteiger charge is -2.09. The summed E-state index contributed by atoms with van der Waals surface area (Å²) in [5.41, 5.74) is 0. The number of aliphatic hydroxyl groups is 2. The van der Waals surface area contributed by atoms with Gasteiger partial charge in [0.1, 0.15) is 12.2 Å². The molecule has 0 saturated carbocycles. The summed E-state index contributed by atoms with van der Waals surface area (Å²) in [5.74, 6) is 0. The van der Waals surface area contributed by atoms with Gasteiger partial charge in [-0.05, 0) is 6.92 Å². The van der Waals surface area contributed by atoms with Gasteiger partial charge in [-0.1, -0.05) is 6.08 Å². The molecule has 0 aromatic carbocycles. The highest BCUT2D eigenvalue weighted by Gasteiger charge is 2.38. The Morgan fingerprint density at radius 1 is 1.42 bits per heavy atom. The van der Waals surface area contributed by atoms with Gasteiger partial charge in [0, 0.05) is 0 Å². The smallest absolute Gasteiger partial charge is 0.152 e. The van der Waals surface area contributed by atoms with Crippen molar-refractivity contribution < 1.29 is 14.9 Å². The van der Waals surface area contributed by atoms with E-state index in [1.165, 1.54) is 12.3 Å². The number of hydrogen-bond donors (Lipinski definition) is 2. The van der Waals surface area contributed by atoms with Gasteiger partial charge in [0.2, 0.25) is 0 Å². The molecule has 1 rings (SSSR count). The second-order valence-corrected chi connectivity index (χ2v) is 2.76. The van der Waals surface area contributed by atoms with Gasteiger partial charge in [0.15, 0.2) is 6.20 Å². The minimum absolute atomic E-state index is 0.375. The fourth-order valence-electron chi connectivity index (χ4n) is 1.17. The van der Waals surface area contributed by atoms with Crippen LogP contribution in [0.2, 0.25) is 0 Å². The molecule has 2 N–H and O–H groups in total. The van der Waals surface area contributed by atoms with Crippen LogP contribution in [0.3, 0.4) is 0 Å². The highest BCUT2D eigenvalue weighted by Crippen LogP contribution is 2.21. The molecular weight excluding hydrogens is 158 g/mol. The zero-order valence-electron chi connectivity index (χ0n) is 6.71. The van der Waals surface area contributed by atoms with E-state index in [2.05, 4.69) is 4.85 Å². The van der Waals surface area contributed by atoms with E-state index in [9.17, 15) is 10.2 Å². The third kappa shape index (κ3) is 1.64. The van der Waals surface area contributed by atoms with Crippen molar-refractivity contribution in [2.45, 2.75) is 31.3 Å². The summed E-state index contributed by atoms with van der Waals surface area (Å²) in [6, 6.07) is 0. The molecule has 1 aliphatic rings. The maximum absolute atomic E-state index is 9.33. The number of hydrogen-bond acceptors (Lipinski definition) is 3. The highest BCUT2D eigenvalue weighted by atomic mass is 16.5. The quantitative estimate of drug-likeness (QED) is 0.540. The summed E-state index contributed by atoms with van der Waals surface area (Å²) in [5, 5.41) is 18.6. The molecule has 1 fully saturated rings. The summed E-state index contributed by atoms with van der Waals surface area (Å²) < 4.78 is 5.16. The van der Waals surface area contributed by atoms with E-state index in [0.717, 1.165) is 0 Å². The van der Waals surface area contributed by atoms with Gasteiger partial charge >= 0.3 is 0 Å². The topological polar surface area (TPSA) is 54.0 Å². The lowest BCUT2D eigenvalue weighted by Crippen LogP contribution is -2.30. The van der Waals surface area contributed by atoms with Crippen LogP contribution < -0.4 is 0 Å². The van der Waals surface area contributed by atoms with Gasteiger partial charge in [-0.15, -0.1) is 0 Å². The minimum atomic E-state index is -0.919. The third-order valence-electron chi connectivity index (χ3n) is 1.89. The van der Waals surface area contributed by atoms with E-state index < -0.39 is 18.3 Å². The minimum Gasteiger partial charge on any atom is -0.388 e. The van der Waals surface area contributed by atoms with Crippen LogP contribution in [0.25, 0.3) is 4.85 Å². The maximum Gasteiger partial charge on any atom is 0.152 e. The van der Waals surface area contributed by atoms with E-state index in [1.54, 1.807) is 6.92 Å². The van der Waals surface area contributed by atoms with Crippen molar-refractivity contribution in [3.63, 3.8) is 0 Å². The predicted molar refractivity (Wildman–Crippen MR) is 42.1 cm³/mol. The molecule has 0 aliphatic carbocycles. The van der Waals surface area contributed by atoms with Gasteiger partial charge in [-0.3, -0.25) is 0 Å². The molecule has 0 amide bonds. The van der Waals surface area contributed by atoms with E-state index in [4.69, 9.17) is 11.3 Å². The zero-order valence-corrected chi connectivity index (χ0v) is 6.71. The first-order valence-corrected chi connectivity index (χ1v) is 3.71. The molecule has 0 spiro atoms. The van der Waals surface area contributed by atoms with E-state index in [0.29, 0.717) is 0 Å². The lowest BCUT2D eigenvalue weighted by molar-refractivity contribution is 0.0316. The molecule has 0 bridgehead atoms. The first-order chi connectivity index (χ1) is 5.66. The predicted octanol–water partition coefficient (Wildman–Crippen LogP) is -0.0715. The van der Waals surface area contributed by atoms with Crippen molar-refractivity contribution in [2.75, 3.05) is 0 Å². The van der Waals surface area contributed by atoms with Gasteiger partial charge < -0.3 is 14.9 Å². The Labute approximate surface area is 70.9 Å². The second kappa shape index (κ2) is 3.68. The number of nitrogens with zero attached hydrogens (tertiary/aromatic N) is 1. The maximum atomic E-state index is 9.33. The molecule has 1 saturated heterocycles. The van der Waals surface area contributed by atoms with Crippen LogP contribution in [-0.2, 0) is 4.74 Å². The Kier molecular flexibility index (Phi) is 2.82. The van der Waals surface area contributed by atoms with Crippen molar-refractivity contribution in [3.8, 4) is 0 Å². The summed E-state index contributed by atoms with van der Waals surface area (Å²) >= 11 is 0. The summed E-state index contributed by atoms with van der Waals surface area (Å²) in [6.45, 7) is 8.15. The average Bonchev–Trinajstić information content (AvgIpc) is 2.30. The first-order valence-electron chi connectivity index (χ1n) is 3.71. The molecule has 4 nitrogen and oxygen atoms in total. The van der Waals surface area contributed by atoms with Gasteiger partial charge in [0.25, 0.3) is 0 Å². The Morgan fingerprint density at radius 3 is 2.50 bits per heavy atom. The van der Waals surface area contributed by atoms with Crippen molar-refractivity contribution in [3.05, 3.63) is 23.7 Å². The zero-order chi connectivity index (χ0) is 9.14. The summed E-state index contributed by atoms with van der Waals surface area (Å²) in [7, 11) is 0. The van der Waals surface area contributed by atoms with Gasteiger partial charge in [0.05, 0.1) is 18.8 Å². The summed E-state index contributed by atoms with van der Waals surface area (Å²) in [6.07, 6.45) is -0.0314. The van der Waals surface area contributed by atoms with Crippen LogP contribution in [-0.4, -0.2) is 34.6 Å². The molecule has 0 aromatic rings. The standard InChI is InChI=1S/C8H11NO3/c1-5-7(10)8(11)6(12-5)3-4-9-2/h3-8,10-11H,1H3/b4-3-/t5-,6+,7?,8-/m0/s1. The largest absolute Gasteiger partial charge is 0.388 e. The monoisotopic (exact) mass is 169 g/mol. The molecule has 1 unspecified atom stereocenters. The van der Waals surface area contributed by atoms with Crippen molar-refractivity contribution in [1.82, 2.24) is 0 Å². The number of rotatable bonds is 1. The molecule has 1 aliphatic heterocycles. The Hall–Kier alpha value is -0.890. The second-order valence-electron chi connectivity index (χ2n) is 2.76. The van der Waals surface area contributed by atoms with E-state index >= 15 is 0 Å². The molecule has 1 heterocycles. The highest BCUT2D eigenvalue weighted by molar-refractivity contribution is 5.03. The Bertz CT molecular complexity index is 221. The molecule has 66 valence electrons. The molecular formula is C8H11NO3. The molecule has 12 heavy (non-hydrogen) atoms. The van der Waals surface area contributed by atoms with Crippen molar-refractivity contribution in [1.29, 1.82) is 0 Å².